The van der Waals surface area contributed by atoms with Crippen LogP contribution in [0, 0.1) is 5.92 Å². The van der Waals surface area contributed by atoms with Crippen LogP contribution in [-0.2, 0) is 19.6 Å². The van der Waals surface area contributed by atoms with Crippen LogP contribution in [0.4, 0.5) is 0 Å². The van der Waals surface area contributed by atoms with Gasteiger partial charge < -0.3 is 9.84 Å². The highest BCUT2D eigenvalue weighted by Gasteiger charge is 2.33. The van der Waals surface area contributed by atoms with Gasteiger partial charge in [0.15, 0.2) is 0 Å². The Labute approximate surface area is 143 Å². The normalized spacial score (nSPS) is 13.2. The van der Waals surface area contributed by atoms with Crippen molar-refractivity contribution < 1.29 is 27.9 Å². The Morgan fingerprint density at radius 3 is 2.42 bits per heavy atom. The fourth-order valence-electron chi connectivity index (χ4n) is 2.21. The van der Waals surface area contributed by atoms with Crippen molar-refractivity contribution in [1.82, 2.24) is 4.72 Å². The lowest BCUT2D eigenvalue weighted by atomic mass is 10.1. The molecule has 1 atom stereocenters. The van der Waals surface area contributed by atoms with Crippen LogP contribution in [0.2, 0.25) is 0 Å². The Kier molecular flexibility index (Phi) is 5.26. The maximum Gasteiger partial charge on any atom is 0.349 e. The van der Waals surface area contributed by atoms with Crippen molar-refractivity contribution in [2.45, 2.75) is 24.8 Å². The molecule has 2 rings (SSSR count). The van der Waals surface area contributed by atoms with Crippen LogP contribution in [-0.4, -0.2) is 38.6 Å². The average Bonchev–Trinajstić information content (AvgIpc) is 2.91. The lowest BCUT2D eigenvalue weighted by Gasteiger charge is -2.18. The highest BCUT2D eigenvalue weighted by atomic mass is 32.2. The topological polar surface area (TPSA) is 110 Å². The minimum absolute atomic E-state index is 0.0842. The minimum atomic E-state index is -4.24. The van der Waals surface area contributed by atoms with Crippen LogP contribution >= 0.6 is 11.3 Å². The number of hydrogen-bond acceptors (Lipinski definition) is 6. The van der Waals surface area contributed by atoms with Gasteiger partial charge in [0.1, 0.15) is 15.8 Å². The summed E-state index contributed by atoms with van der Waals surface area (Å²) < 4.78 is 33.0. The number of rotatable bonds is 6. The molecule has 7 nitrogen and oxygen atoms in total. The standard InChI is InChI=1S/C15H17NO6S2/c1-8(2)11(14(17)18)16-24(20,21)13-9-6-4-5-7-10(9)23-12(13)15(19)22-3/h4-8,11,16H,1-3H3,(H,17,18)/t11-/m0/s1. The number of sulfonamides is 1. The number of thiophene rings is 1. The molecule has 0 aliphatic rings. The molecule has 9 heteroatoms. The van der Waals surface area contributed by atoms with Crippen LogP contribution in [0.1, 0.15) is 23.5 Å². The van der Waals surface area contributed by atoms with Crippen molar-refractivity contribution in [3.05, 3.63) is 29.1 Å². The largest absolute Gasteiger partial charge is 0.480 e. The monoisotopic (exact) mass is 371 g/mol. The molecule has 0 spiro atoms. The van der Waals surface area contributed by atoms with E-state index in [4.69, 9.17) is 0 Å². The predicted octanol–water partition coefficient (Wildman–Crippen LogP) is 2.08. The number of benzene rings is 1. The third kappa shape index (κ3) is 3.42. The smallest absolute Gasteiger partial charge is 0.349 e. The third-order valence-electron chi connectivity index (χ3n) is 3.40. The van der Waals surface area contributed by atoms with E-state index in [9.17, 15) is 23.1 Å². The van der Waals surface area contributed by atoms with Crippen molar-refractivity contribution in [3.8, 4) is 0 Å². The van der Waals surface area contributed by atoms with E-state index in [-0.39, 0.29) is 9.77 Å². The van der Waals surface area contributed by atoms with Gasteiger partial charge in [0, 0.05) is 10.1 Å². The second kappa shape index (κ2) is 6.88. The average molecular weight is 371 g/mol. The Balaban J connectivity index is 2.65. The third-order valence-corrected chi connectivity index (χ3v) is 6.21. The van der Waals surface area contributed by atoms with Crippen LogP contribution in [0.3, 0.4) is 0 Å². The Morgan fingerprint density at radius 2 is 1.88 bits per heavy atom. The summed E-state index contributed by atoms with van der Waals surface area (Å²) in [6.07, 6.45) is 0. The van der Waals surface area contributed by atoms with E-state index < -0.39 is 33.9 Å². The molecule has 0 amide bonds. The summed E-state index contributed by atoms with van der Waals surface area (Å²) in [6, 6.07) is 5.31. The molecule has 0 saturated heterocycles. The maximum atomic E-state index is 12.8. The van der Waals surface area contributed by atoms with Gasteiger partial charge in [-0.25, -0.2) is 13.2 Å². The number of ether oxygens (including phenoxy) is 1. The maximum absolute atomic E-state index is 12.8. The zero-order valence-electron chi connectivity index (χ0n) is 13.3. The molecule has 1 aromatic heterocycles. The number of nitrogens with one attached hydrogen (secondary N) is 1. The van der Waals surface area contributed by atoms with Gasteiger partial charge in [-0.2, -0.15) is 4.72 Å². The molecule has 2 N–H and O–H groups in total. The number of hydrogen-bond donors (Lipinski definition) is 2. The first kappa shape index (κ1) is 18.4. The fraction of sp³-hybridized carbons (Fsp3) is 0.333. The van der Waals surface area contributed by atoms with Gasteiger partial charge in [-0.05, 0) is 12.0 Å². The summed E-state index contributed by atoms with van der Waals surface area (Å²) in [7, 11) is -3.08. The molecule has 0 radical (unpaired) electrons. The lowest BCUT2D eigenvalue weighted by Crippen LogP contribution is -2.44. The lowest BCUT2D eigenvalue weighted by molar-refractivity contribution is -0.140. The number of methoxy groups -OCH3 is 1. The number of fused-ring (bicyclic) bond motifs is 1. The second-order valence-electron chi connectivity index (χ2n) is 5.43. The fourth-order valence-corrected chi connectivity index (χ4v) is 5.37. The summed E-state index contributed by atoms with van der Waals surface area (Å²) in [5, 5.41) is 9.58. The highest BCUT2D eigenvalue weighted by Crippen LogP contribution is 2.35. The van der Waals surface area contributed by atoms with E-state index in [0.717, 1.165) is 18.4 Å². The number of carboxylic acid groups (broad SMARTS) is 1. The molecular weight excluding hydrogens is 354 g/mol. The van der Waals surface area contributed by atoms with Gasteiger partial charge in [0.25, 0.3) is 0 Å². The van der Waals surface area contributed by atoms with Crippen LogP contribution < -0.4 is 4.72 Å². The van der Waals surface area contributed by atoms with E-state index in [1.165, 1.54) is 0 Å². The quantitative estimate of drug-likeness (QED) is 0.752. The SMILES string of the molecule is COC(=O)c1sc2ccccc2c1S(=O)(=O)N[C@H](C(=O)O)C(C)C. The zero-order valence-corrected chi connectivity index (χ0v) is 14.9. The summed E-state index contributed by atoms with van der Waals surface area (Å²) in [6.45, 7) is 3.18. The Hall–Kier alpha value is -1.97. The molecular formula is C15H17NO6S2. The van der Waals surface area contributed by atoms with Gasteiger partial charge in [0.05, 0.1) is 7.11 Å². The van der Waals surface area contributed by atoms with Gasteiger partial charge in [-0.15, -0.1) is 11.3 Å². The van der Waals surface area contributed by atoms with Crippen LogP contribution in [0.5, 0.6) is 0 Å². The van der Waals surface area contributed by atoms with Crippen LogP contribution in [0.25, 0.3) is 10.1 Å². The Bertz CT molecular complexity index is 885. The molecule has 0 saturated carbocycles. The van der Waals surface area contributed by atoms with Crippen molar-refractivity contribution in [2.24, 2.45) is 5.92 Å². The number of carboxylic acids is 1. The molecule has 0 aliphatic carbocycles. The Morgan fingerprint density at radius 1 is 1.25 bits per heavy atom. The van der Waals surface area contributed by atoms with E-state index in [1.807, 2.05) is 0 Å². The number of esters is 1. The first-order chi connectivity index (χ1) is 11.2. The van der Waals surface area contributed by atoms with E-state index >= 15 is 0 Å². The van der Waals surface area contributed by atoms with E-state index in [1.54, 1.807) is 38.1 Å². The summed E-state index contributed by atoms with van der Waals surface area (Å²) in [5.74, 6) is -2.54. The van der Waals surface area contributed by atoms with E-state index in [0.29, 0.717) is 10.1 Å². The molecule has 0 fully saturated rings. The van der Waals surface area contributed by atoms with Gasteiger partial charge in [-0.3, -0.25) is 4.79 Å². The molecule has 130 valence electrons. The molecule has 0 bridgehead atoms. The molecule has 0 aliphatic heterocycles. The molecule has 0 unspecified atom stereocenters. The van der Waals surface area contributed by atoms with Gasteiger partial charge in [0.2, 0.25) is 10.0 Å². The predicted molar refractivity (Wildman–Crippen MR) is 89.7 cm³/mol. The van der Waals surface area contributed by atoms with Crippen molar-refractivity contribution in [2.75, 3.05) is 7.11 Å². The van der Waals surface area contributed by atoms with Crippen molar-refractivity contribution >= 4 is 43.4 Å². The first-order valence-corrected chi connectivity index (χ1v) is 9.34. The minimum Gasteiger partial charge on any atom is -0.480 e. The molecule has 24 heavy (non-hydrogen) atoms. The first-order valence-electron chi connectivity index (χ1n) is 7.04. The highest BCUT2D eigenvalue weighted by molar-refractivity contribution is 7.90. The van der Waals surface area contributed by atoms with Crippen molar-refractivity contribution in [1.29, 1.82) is 0 Å². The zero-order chi connectivity index (χ0) is 18.1. The van der Waals surface area contributed by atoms with E-state index in [2.05, 4.69) is 9.46 Å². The number of carbonyl (C=O) groups excluding carboxylic acids is 1. The second-order valence-corrected chi connectivity index (χ2v) is 8.13. The molecule has 1 aromatic carbocycles. The summed E-state index contributed by atoms with van der Waals surface area (Å²) in [4.78, 5) is 23.0. The molecule has 2 aromatic rings. The van der Waals surface area contributed by atoms with Gasteiger partial charge >= 0.3 is 11.9 Å². The van der Waals surface area contributed by atoms with Crippen LogP contribution in [0.15, 0.2) is 29.2 Å². The van der Waals surface area contributed by atoms with Gasteiger partial charge in [-0.1, -0.05) is 32.0 Å². The summed E-state index contributed by atoms with van der Waals surface area (Å²) >= 11 is 0.986. The summed E-state index contributed by atoms with van der Waals surface area (Å²) in [5.41, 5.74) is 0. The number of aliphatic carboxylic acids is 1. The molecule has 1 heterocycles. The van der Waals surface area contributed by atoms with Crippen molar-refractivity contribution in [3.63, 3.8) is 0 Å². The number of carbonyl (C=O) groups is 2.